The van der Waals surface area contributed by atoms with Crippen LogP contribution in [0.1, 0.15) is 30.2 Å². The summed E-state index contributed by atoms with van der Waals surface area (Å²) in [5.74, 6) is -0.180. The van der Waals surface area contributed by atoms with Gasteiger partial charge in [0.25, 0.3) is 5.91 Å². The van der Waals surface area contributed by atoms with Gasteiger partial charge in [-0.2, -0.15) is 5.10 Å². The van der Waals surface area contributed by atoms with Crippen LogP contribution < -0.4 is 10.2 Å². The Labute approximate surface area is 169 Å². The summed E-state index contributed by atoms with van der Waals surface area (Å²) in [6.45, 7) is 4.12. The summed E-state index contributed by atoms with van der Waals surface area (Å²) in [7, 11) is 1.95. The minimum Gasteiger partial charge on any atom is -0.344 e. The first-order valence-corrected chi connectivity index (χ1v) is 9.57. The van der Waals surface area contributed by atoms with Crippen molar-refractivity contribution in [2.24, 2.45) is 0 Å². The number of carbonyl (C=O) groups is 1. The van der Waals surface area contributed by atoms with Crippen LogP contribution >= 0.6 is 0 Å². The number of aromatic nitrogens is 3. The van der Waals surface area contributed by atoms with E-state index in [1.165, 1.54) is 0 Å². The van der Waals surface area contributed by atoms with Gasteiger partial charge in [-0.05, 0) is 44.2 Å². The third kappa shape index (κ3) is 3.69. The molecule has 2 heterocycles. The highest BCUT2D eigenvalue weighted by Crippen LogP contribution is 2.28. The number of pyridine rings is 1. The van der Waals surface area contributed by atoms with E-state index >= 15 is 0 Å². The summed E-state index contributed by atoms with van der Waals surface area (Å²) >= 11 is 0. The molecular formula is C23H23N5O. The average molecular weight is 385 g/mol. The van der Waals surface area contributed by atoms with Crippen LogP contribution in [-0.4, -0.2) is 27.7 Å². The number of fused-ring (bicyclic) bond motifs is 1. The van der Waals surface area contributed by atoms with Crippen molar-refractivity contribution in [2.45, 2.75) is 19.9 Å². The number of hydrogen-bond acceptors (Lipinski definition) is 4. The van der Waals surface area contributed by atoms with Gasteiger partial charge in [0.05, 0.1) is 29.3 Å². The zero-order chi connectivity index (χ0) is 20.4. The summed E-state index contributed by atoms with van der Waals surface area (Å²) in [5.41, 5.74) is 3.89. The van der Waals surface area contributed by atoms with Crippen molar-refractivity contribution in [3.8, 4) is 0 Å². The molecule has 0 bridgehead atoms. The minimum atomic E-state index is -0.180. The Morgan fingerprint density at radius 2 is 1.76 bits per heavy atom. The maximum absolute atomic E-state index is 13.0. The first-order valence-electron chi connectivity index (χ1n) is 9.57. The summed E-state index contributed by atoms with van der Waals surface area (Å²) < 4.78 is 1.87. The number of carbonyl (C=O) groups excluding carboxylic acids is 1. The van der Waals surface area contributed by atoms with E-state index in [9.17, 15) is 4.79 Å². The summed E-state index contributed by atoms with van der Waals surface area (Å²) in [6, 6.07) is 19.6. The standard InChI is InChI=1S/C23H23N5O/c1-16(2)28-22-17(14-25-28)13-18(15-24-22)26-23(29)20-11-7-8-12-21(20)27(3)19-9-5-4-6-10-19/h4-16H,1-3H3,(H,26,29). The molecule has 0 saturated carbocycles. The molecule has 0 aliphatic carbocycles. The summed E-state index contributed by atoms with van der Waals surface area (Å²) in [5, 5.41) is 8.24. The van der Waals surface area contributed by atoms with Crippen molar-refractivity contribution in [3.63, 3.8) is 0 Å². The summed E-state index contributed by atoms with van der Waals surface area (Å²) in [6.07, 6.45) is 3.44. The van der Waals surface area contributed by atoms with Crippen LogP contribution in [0.15, 0.2) is 73.1 Å². The van der Waals surface area contributed by atoms with Crippen molar-refractivity contribution in [3.05, 3.63) is 78.6 Å². The van der Waals surface area contributed by atoms with Gasteiger partial charge in [0.1, 0.15) is 0 Å². The molecule has 6 nitrogen and oxygen atoms in total. The van der Waals surface area contributed by atoms with Crippen LogP contribution in [-0.2, 0) is 0 Å². The number of nitrogens with zero attached hydrogens (tertiary/aromatic N) is 4. The fourth-order valence-corrected chi connectivity index (χ4v) is 3.33. The molecule has 0 saturated heterocycles. The number of nitrogens with one attached hydrogen (secondary N) is 1. The molecule has 2 aromatic heterocycles. The maximum atomic E-state index is 13.0. The van der Waals surface area contributed by atoms with Crippen molar-refractivity contribution in [1.29, 1.82) is 0 Å². The van der Waals surface area contributed by atoms with E-state index in [1.807, 2.05) is 77.3 Å². The smallest absolute Gasteiger partial charge is 0.257 e. The maximum Gasteiger partial charge on any atom is 0.257 e. The second kappa shape index (κ2) is 7.75. The molecule has 1 amide bonds. The van der Waals surface area contributed by atoms with E-state index in [0.29, 0.717) is 11.3 Å². The number of benzene rings is 2. The molecule has 1 N–H and O–H groups in total. The van der Waals surface area contributed by atoms with Crippen LogP contribution in [0.4, 0.5) is 17.1 Å². The minimum absolute atomic E-state index is 0.180. The Balaban J connectivity index is 1.62. The second-order valence-corrected chi connectivity index (χ2v) is 7.19. The second-order valence-electron chi connectivity index (χ2n) is 7.19. The van der Waals surface area contributed by atoms with Crippen molar-refractivity contribution in [1.82, 2.24) is 14.8 Å². The predicted octanol–water partition coefficient (Wildman–Crippen LogP) is 5.03. The van der Waals surface area contributed by atoms with E-state index in [2.05, 4.69) is 29.2 Å². The molecular weight excluding hydrogens is 362 g/mol. The van der Waals surface area contributed by atoms with Gasteiger partial charge in [-0.3, -0.25) is 4.79 Å². The van der Waals surface area contributed by atoms with Gasteiger partial charge in [-0.15, -0.1) is 0 Å². The van der Waals surface area contributed by atoms with Gasteiger partial charge < -0.3 is 10.2 Å². The van der Waals surface area contributed by atoms with Crippen LogP contribution in [0.2, 0.25) is 0 Å². The third-order valence-corrected chi connectivity index (χ3v) is 4.83. The molecule has 4 rings (SSSR count). The van der Waals surface area contributed by atoms with Gasteiger partial charge >= 0.3 is 0 Å². The SMILES string of the molecule is CC(C)n1ncc2cc(NC(=O)c3ccccc3N(C)c3ccccc3)cnc21. The number of anilines is 3. The molecule has 0 radical (unpaired) electrons. The van der Waals surface area contributed by atoms with Gasteiger partial charge in [0, 0.05) is 24.2 Å². The zero-order valence-corrected chi connectivity index (χ0v) is 16.7. The van der Waals surface area contributed by atoms with E-state index < -0.39 is 0 Å². The molecule has 0 fully saturated rings. The molecule has 0 aliphatic heterocycles. The quantitative estimate of drug-likeness (QED) is 0.523. The van der Waals surface area contributed by atoms with Crippen molar-refractivity contribution in [2.75, 3.05) is 17.3 Å². The zero-order valence-electron chi connectivity index (χ0n) is 16.7. The lowest BCUT2D eigenvalue weighted by Gasteiger charge is -2.22. The number of para-hydroxylation sites is 2. The Kier molecular flexibility index (Phi) is 4.99. The Morgan fingerprint density at radius 1 is 1.03 bits per heavy atom. The largest absolute Gasteiger partial charge is 0.344 e. The van der Waals surface area contributed by atoms with E-state index in [-0.39, 0.29) is 11.9 Å². The Hall–Kier alpha value is -3.67. The van der Waals surface area contributed by atoms with Crippen LogP contribution in [0, 0.1) is 0 Å². The fourth-order valence-electron chi connectivity index (χ4n) is 3.33. The van der Waals surface area contributed by atoms with Crippen molar-refractivity contribution < 1.29 is 4.79 Å². The Morgan fingerprint density at radius 3 is 2.52 bits per heavy atom. The van der Waals surface area contributed by atoms with E-state index in [4.69, 9.17) is 0 Å². The molecule has 29 heavy (non-hydrogen) atoms. The fraction of sp³-hybridized carbons (Fsp3) is 0.174. The highest BCUT2D eigenvalue weighted by atomic mass is 16.1. The highest BCUT2D eigenvalue weighted by Gasteiger charge is 2.16. The molecule has 0 atom stereocenters. The van der Waals surface area contributed by atoms with Crippen molar-refractivity contribution >= 4 is 34.0 Å². The van der Waals surface area contributed by atoms with Gasteiger partial charge in [0.2, 0.25) is 0 Å². The molecule has 6 heteroatoms. The molecule has 0 aliphatic rings. The van der Waals surface area contributed by atoms with Crippen LogP contribution in [0.25, 0.3) is 11.0 Å². The lowest BCUT2D eigenvalue weighted by Crippen LogP contribution is -2.18. The molecule has 146 valence electrons. The Bertz CT molecular complexity index is 1150. The third-order valence-electron chi connectivity index (χ3n) is 4.83. The average Bonchev–Trinajstić information content (AvgIpc) is 3.17. The molecule has 4 aromatic rings. The lowest BCUT2D eigenvalue weighted by atomic mass is 10.1. The van der Waals surface area contributed by atoms with E-state index in [1.54, 1.807) is 12.4 Å². The van der Waals surface area contributed by atoms with E-state index in [0.717, 1.165) is 22.4 Å². The molecule has 0 spiro atoms. The lowest BCUT2D eigenvalue weighted by molar-refractivity contribution is 0.102. The van der Waals surface area contributed by atoms with Gasteiger partial charge in [-0.1, -0.05) is 30.3 Å². The summed E-state index contributed by atoms with van der Waals surface area (Å²) in [4.78, 5) is 19.5. The number of amides is 1. The first-order chi connectivity index (χ1) is 14.0. The molecule has 0 unspecified atom stereocenters. The highest BCUT2D eigenvalue weighted by molar-refractivity contribution is 6.09. The van der Waals surface area contributed by atoms with Crippen LogP contribution in [0.3, 0.4) is 0 Å². The van der Waals surface area contributed by atoms with Crippen LogP contribution in [0.5, 0.6) is 0 Å². The number of rotatable bonds is 5. The first kappa shape index (κ1) is 18.7. The van der Waals surface area contributed by atoms with Gasteiger partial charge in [0.15, 0.2) is 5.65 Å². The normalized spacial score (nSPS) is 11.0. The number of hydrogen-bond donors (Lipinski definition) is 1. The molecule has 2 aromatic carbocycles. The monoisotopic (exact) mass is 385 g/mol. The topological polar surface area (TPSA) is 63.1 Å². The van der Waals surface area contributed by atoms with Gasteiger partial charge in [-0.25, -0.2) is 9.67 Å². The predicted molar refractivity (Wildman–Crippen MR) is 117 cm³/mol.